The molecule has 6 nitrogen and oxygen atoms in total. The summed E-state index contributed by atoms with van der Waals surface area (Å²) in [4.78, 5) is 0. The van der Waals surface area contributed by atoms with E-state index in [1.807, 2.05) is 50.2 Å². The molecule has 0 saturated heterocycles. The van der Waals surface area contributed by atoms with Crippen molar-refractivity contribution in [2.45, 2.75) is 25.4 Å². The fourth-order valence-electron chi connectivity index (χ4n) is 3.17. The van der Waals surface area contributed by atoms with Crippen molar-refractivity contribution in [1.29, 1.82) is 0 Å². The average Bonchev–Trinajstić information content (AvgIpc) is 3.33. The fraction of sp³-hybridized carbons (Fsp3) is 0.250. The predicted octanol–water partition coefficient (Wildman–Crippen LogP) is 5.97. The number of rotatable bonds is 6. The minimum absolute atomic E-state index is 0.274. The number of ether oxygens (including phenoxy) is 1. The number of halogens is 2. The highest BCUT2D eigenvalue weighted by Gasteiger charge is 2.22. The molecule has 2 aromatic carbocycles. The third-order valence-electron chi connectivity index (χ3n) is 4.50. The van der Waals surface area contributed by atoms with Crippen molar-refractivity contribution in [3.63, 3.8) is 0 Å². The Balaban J connectivity index is 1.87. The van der Waals surface area contributed by atoms with Gasteiger partial charge in [-0.15, -0.1) is 5.10 Å². The van der Waals surface area contributed by atoms with Crippen LogP contribution in [0.25, 0.3) is 33.7 Å². The first kappa shape index (κ1) is 19.3. The van der Waals surface area contributed by atoms with E-state index in [0.717, 1.165) is 37.7 Å². The quantitative estimate of drug-likeness (QED) is 0.302. The number of aromatic nitrogens is 4. The molecule has 2 aromatic heterocycles. The second kappa shape index (κ2) is 8.14. The number of alkyl halides is 1. The van der Waals surface area contributed by atoms with Gasteiger partial charge in [0.15, 0.2) is 12.1 Å². The summed E-state index contributed by atoms with van der Waals surface area (Å²) in [5, 5.41) is 14.0. The van der Waals surface area contributed by atoms with Crippen molar-refractivity contribution in [2.24, 2.45) is 0 Å². The minimum Gasteiger partial charge on any atom is -0.455 e. The highest BCUT2D eigenvalue weighted by molar-refractivity contribution is 9.10. The Labute approximate surface area is 179 Å². The van der Waals surface area contributed by atoms with Crippen LogP contribution in [0, 0.1) is 0 Å². The maximum Gasteiger partial charge on any atom is 0.185 e. The minimum atomic E-state index is -0.274. The lowest BCUT2D eigenvalue weighted by atomic mass is 10.0. The molecule has 0 aliphatic carbocycles. The Bertz CT molecular complexity index is 1120. The smallest absolute Gasteiger partial charge is 0.185 e. The molecule has 0 bridgehead atoms. The van der Waals surface area contributed by atoms with Gasteiger partial charge < -0.3 is 9.15 Å². The Kier molecular flexibility index (Phi) is 5.61. The van der Waals surface area contributed by atoms with E-state index in [1.165, 1.54) is 5.56 Å². The topological polar surface area (TPSA) is 66.0 Å². The average molecular weight is 506 g/mol. The van der Waals surface area contributed by atoms with Gasteiger partial charge >= 0.3 is 0 Å². The molecule has 0 spiro atoms. The zero-order valence-corrected chi connectivity index (χ0v) is 18.6. The number of hydrogen-bond acceptors (Lipinski definition) is 5. The van der Waals surface area contributed by atoms with Gasteiger partial charge in [-0.25, -0.2) is 0 Å². The van der Waals surface area contributed by atoms with Crippen LogP contribution < -0.4 is 0 Å². The van der Waals surface area contributed by atoms with E-state index in [0.29, 0.717) is 12.4 Å². The van der Waals surface area contributed by atoms with Crippen molar-refractivity contribution in [3.8, 4) is 22.7 Å². The summed E-state index contributed by atoms with van der Waals surface area (Å²) < 4.78 is 14.5. The Morgan fingerprint density at radius 1 is 1.18 bits per heavy atom. The van der Waals surface area contributed by atoms with E-state index < -0.39 is 0 Å². The van der Waals surface area contributed by atoms with Crippen molar-refractivity contribution in [3.05, 3.63) is 52.5 Å². The van der Waals surface area contributed by atoms with E-state index in [1.54, 1.807) is 4.68 Å². The van der Waals surface area contributed by atoms with Crippen molar-refractivity contribution < 1.29 is 9.15 Å². The van der Waals surface area contributed by atoms with Gasteiger partial charge in [-0.1, -0.05) is 46.3 Å². The zero-order chi connectivity index (χ0) is 19.7. The Hall–Kier alpha value is -2.03. The number of hydrogen-bond donors (Lipinski definition) is 0. The fourth-order valence-corrected chi connectivity index (χ4v) is 4.13. The molecule has 0 aliphatic heterocycles. The Morgan fingerprint density at radius 3 is 2.71 bits per heavy atom. The van der Waals surface area contributed by atoms with Gasteiger partial charge in [-0.3, -0.25) is 0 Å². The van der Waals surface area contributed by atoms with E-state index in [-0.39, 0.29) is 6.23 Å². The molecule has 0 fully saturated rings. The van der Waals surface area contributed by atoms with Crippen LogP contribution >= 0.6 is 31.9 Å². The normalized spacial score (nSPS) is 12.6. The summed E-state index contributed by atoms with van der Waals surface area (Å²) in [7, 11) is 0. The molecule has 0 amide bonds. The van der Waals surface area contributed by atoms with Gasteiger partial charge in [-0.05, 0) is 57.9 Å². The van der Waals surface area contributed by atoms with E-state index in [9.17, 15) is 0 Å². The van der Waals surface area contributed by atoms with Crippen LogP contribution in [0.2, 0.25) is 0 Å². The van der Waals surface area contributed by atoms with Crippen LogP contribution in [0.15, 0.2) is 51.4 Å². The summed E-state index contributed by atoms with van der Waals surface area (Å²) in [6.45, 7) is 4.44. The molecule has 0 radical (unpaired) electrons. The maximum absolute atomic E-state index is 6.20. The molecule has 8 heteroatoms. The number of furan rings is 1. The number of benzene rings is 2. The second-order valence-electron chi connectivity index (χ2n) is 6.26. The number of nitrogens with zero attached hydrogens (tertiary/aromatic N) is 4. The molecule has 0 saturated carbocycles. The van der Waals surface area contributed by atoms with Crippen LogP contribution in [0.3, 0.4) is 0 Å². The summed E-state index contributed by atoms with van der Waals surface area (Å²) >= 11 is 7.24. The lowest BCUT2D eigenvalue weighted by Gasteiger charge is -2.14. The van der Waals surface area contributed by atoms with Crippen molar-refractivity contribution >= 4 is 42.8 Å². The van der Waals surface area contributed by atoms with Gasteiger partial charge in [-0.2, -0.15) is 4.68 Å². The molecular formula is C20H18Br2N4O2. The standard InChI is InChI=1S/C20H18Br2N4O2/c1-3-27-12(2)26-20(23-24-25-26)15-7-5-4-6-14(15)19-18(22)16-10-13(11-21)8-9-17(16)28-19/h4-10,12H,3,11H2,1-2H3. The van der Waals surface area contributed by atoms with Crippen LogP contribution in [-0.2, 0) is 10.1 Å². The largest absolute Gasteiger partial charge is 0.455 e. The highest BCUT2D eigenvalue weighted by Crippen LogP contribution is 2.41. The molecule has 2 heterocycles. The van der Waals surface area contributed by atoms with E-state index >= 15 is 0 Å². The Morgan fingerprint density at radius 2 is 1.96 bits per heavy atom. The molecule has 0 N–H and O–H groups in total. The van der Waals surface area contributed by atoms with Crippen molar-refractivity contribution in [2.75, 3.05) is 6.61 Å². The maximum atomic E-state index is 6.20. The SMILES string of the molecule is CCOC(C)n1nnnc1-c1ccccc1-c1oc2ccc(CBr)cc2c1Br. The molecule has 0 aliphatic rings. The van der Waals surface area contributed by atoms with Gasteiger partial charge in [0.25, 0.3) is 0 Å². The summed E-state index contributed by atoms with van der Waals surface area (Å²) in [6, 6.07) is 14.1. The van der Waals surface area contributed by atoms with E-state index in [2.05, 4.69) is 53.5 Å². The first-order valence-electron chi connectivity index (χ1n) is 8.90. The summed E-state index contributed by atoms with van der Waals surface area (Å²) in [5.74, 6) is 1.38. The van der Waals surface area contributed by atoms with Gasteiger partial charge in [0, 0.05) is 28.5 Å². The number of fused-ring (bicyclic) bond motifs is 1. The molecule has 144 valence electrons. The van der Waals surface area contributed by atoms with Crippen LogP contribution in [0.5, 0.6) is 0 Å². The lowest BCUT2D eigenvalue weighted by Crippen LogP contribution is -2.12. The van der Waals surface area contributed by atoms with E-state index in [4.69, 9.17) is 9.15 Å². The van der Waals surface area contributed by atoms with Crippen LogP contribution in [0.1, 0.15) is 25.6 Å². The third kappa shape index (κ3) is 3.40. The molecule has 4 rings (SSSR count). The van der Waals surface area contributed by atoms with Crippen molar-refractivity contribution in [1.82, 2.24) is 20.2 Å². The monoisotopic (exact) mass is 504 g/mol. The molecular weight excluding hydrogens is 488 g/mol. The highest BCUT2D eigenvalue weighted by atomic mass is 79.9. The van der Waals surface area contributed by atoms with Crippen LogP contribution in [-0.4, -0.2) is 26.8 Å². The first-order valence-corrected chi connectivity index (χ1v) is 10.8. The lowest BCUT2D eigenvalue weighted by molar-refractivity contribution is 0.0159. The summed E-state index contributed by atoms with van der Waals surface area (Å²) in [6.07, 6.45) is -0.274. The molecule has 4 aromatic rings. The van der Waals surface area contributed by atoms with Gasteiger partial charge in [0.05, 0.1) is 4.47 Å². The van der Waals surface area contributed by atoms with Gasteiger partial charge in [0.1, 0.15) is 11.3 Å². The number of tetrazole rings is 1. The van der Waals surface area contributed by atoms with Crippen LogP contribution in [0.4, 0.5) is 0 Å². The van der Waals surface area contributed by atoms with Gasteiger partial charge in [0.2, 0.25) is 0 Å². The molecule has 1 atom stereocenters. The molecule has 1 unspecified atom stereocenters. The first-order chi connectivity index (χ1) is 13.6. The summed E-state index contributed by atoms with van der Waals surface area (Å²) in [5.41, 5.74) is 3.79. The second-order valence-corrected chi connectivity index (χ2v) is 7.61. The zero-order valence-electron chi connectivity index (χ0n) is 15.4. The molecule has 28 heavy (non-hydrogen) atoms. The third-order valence-corrected chi connectivity index (χ3v) is 5.94. The predicted molar refractivity (Wildman–Crippen MR) is 115 cm³/mol.